The second kappa shape index (κ2) is 6.22. The number of nitrogen functional groups attached to an aromatic ring is 1. The molecule has 3 rings (SSSR count). The minimum Gasteiger partial charge on any atom is -0.491 e. The lowest BCUT2D eigenvalue weighted by atomic mass is 10.2. The SMILES string of the molecule is Nc1ccc2c(c1)N(CC(=O)N1CCOCC1)CCCO2. The lowest BCUT2D eigenvalue weighted by Crippen LogP contribution is -2.46. The predicted molar refractivity (Wildman–Crippen MR) is 80.6 cm³/mol. The van der Waals surface area contributed by atoms with Crippen LogP contribution in [-0.4, -0.2) is 56.8 Å². The zero-order valence-corrected chi connectivity index (χ0v) is 12.1. The highest BCUT2D eigenvalue weighted by atomic mass is 16.5. The minimum atomic E-state index is 0.133. The topological polar surface area (TPSA) is 68.0 Å². The Balaban J connectivity index is 1.75. The average Bonchev–Trinajstić information content (AvgIpc) is 2.70. The Bertz CT molecular complexity index is 515. The highest BCUT2D eigenvalue weighted by molar-refractivity contribution is 5.82. The van der Waals surface area contributed by atoms with Gasteiger partial charge in [0.15, 0.2) is 0 Å². The van der Waals surface area contributed by atoms with Crippen LogP contribution in [0.5, 0.6) is 5.75 Å². The van der Waals surface area contributed by atoms with E-state index in [1.54, 1.807) is 0 Å². The molecule has 21 heavy (non-hydrogen) atoms. The van der Waals surface area contributed by atoms with Crippen LogP contribution in [0.15, 0.2) is 18.2 Å². The Morgan fingerprint density at radius 3 is 2.81 bits per heavy atom. The minimum absolute atomic E-state index is 0.133. The normalized spacial score (nSPS) is 18.7. The number of ether oxygens (including phenoxy) is 2. The first-order chi connectivity index (χ1) is 10.2. The van der Waals surface area contributed by atoms with E-state index in [2.05, 4.69) is 4.90 Å². The summed E-state index contributed by atoms with van der Waals surface area (Å²) >= 11 is 0. The number of nitrogens with two attached hydrogens (primary N) is 1. The standard InChI is InChI=1S/C15H21N3O3/c16-12-2-3-14-13(10-12)18(4-1-7-21-14)11-15(19)17-5-8-20-9-6-17/h2-3,10H,1,4-9,11,16H2. The third kappa shape index (κ3) is 3.21. The molecule has 6 heteroatoms. The van der Waals surface area contributed by atoms with Crippen molar-refractivity contribution in [1.29, 1.82) is 0 Å². The average molecular weight is 291 g/mol. The molecule has 1 fully saturated rings. The quantitative estimate of drug-likeness (QED) is 0.813. The highest BCUT2D eigenvalue weighted by Gasteiger charge is 2.23. The fourth-order valence-electron chi connectivity index (χ4n) is 2.70. The molecular weight excluding hydrogens is 270 g/mol. The van der Waals surface area contributed by atoms with E-state index in [0.717, 1.165) is 24.4 Å². The lowest BCUT2D eigenvalue weighted by molar-refractivity contribution is -0.133. The molecule has 0 unspecified atom stereocenters. The van der Waals surface area contributed by atoms with E-state index in [-0.39, 0.29) is 5.91 Å². The maximum absolute atomic E-state index is 12.4. The maximum Gasteiger partial charge on any atom is 0.242 e. The van der Waals surface area contributed by atoms with Crippen molar-refractivity contribution in [3.8, 4) is 5.75 Å². The largest absolute Gasteiger partial charge is 0.491 e. The highest BCUT2D eigenvalue weighted by Crippen LogP contribution is 2.32. The molecule has 2 heterocycles. The van der Waals surface area contributed by atoms with Gasteiger partial charge in [0.25, 0.3) is 0 Å². The number of carbonyl (C=O) groups is 1. The van der Waals surface area contributed by atoms with Crippen LogP contribution in [0.2, 0.25) is 0 Å². The number of anilines is 2. The number of amides is 1. The molecule has 2 aliphatic rings. The summed E-state index contributed by atoms with van der Waals surface area (Å²) in [5.74, 6) is 0.935. The van der Waals surface area contributed by atoms with E-state index in [0.29, 0.717) is 45.1 Å². The fraction of sp³-hybridized carbons (Fsp3) is 0.533. The Morgan fingerprint density at radius 1 is 1.19 bits per heavy atom. The van der Waals surface area contributed by atoms with Crippen LogP contribution in [0.25, 0.3) is 0 Å². The summed E-state index contributed by atoms with van der Waals surface area (Å²) in [6.45, 7) is 4.42. The van der Waals surface area contributed by atoms with Gasteiger partial charge in [0.2, 0.25) is 5.91 Å². The summed E-state index contributed by atoms with van der Waals surface area (Å²) in [5, 5.41) is 0. The number of fused-ring (bicyclic) bond motifs is 1. The molecule has 1 aromatic carbocycles. The lowest BCUT2D eigenvalue weighted by Gasteiger charge is -2.30. The van der Waals surface area contributed by atoms with Crippen molar-refractivity contribution in [2.24, 2.45) is 0 Å². The zero-order chi connectivity index (χ0) is 14.7. The van der Waals surface area contributed by atoms with Crippen LogP contribution >= 0.6 is 0 Å². The maximum atomic E-state index is 12.4. The van der Waals surface area contributed by atoms with Crippen LogP contribution < -0.4 is 15.4 Å². The Morgan fingerprint density at radius 2 is 2.00 bits per heavy atom. The number of hydrogen-bond acceptors (Lipinski definition) is 5. The third-order valence-electron chi connectivity index (χ3n) is 3.84. The molecule has 2 aliphatic heterocycles. The Kier molecular flexibility index (Phi) is 4.15. The number of hydrogen-bond donors (Lipinski definition) is 1. The van der Waals surface area contributed by atoms with Crippen molar-refractivity contribution < 1.29 is 14.3 Å². The summed E-state index contributed by atoms with van der Waals surface area (Å²) in [6.07, 6.45) is 0.894. The zero-order valence-electron chi connectivity index (χ0n) is 12.1. The van der Waals surface area contributed by atoms with E-state index in [9.17, 15) is 4.79 Å². The van der Waals surface area contributed by atoms with Crippen LogP contribution in [-0.2, 0) is 9.53 Å². The summed E-state index contributed by atoms with van der Waals surface area (Å²) < 4.78 is 11.0. The van der Waals surface area contributed by atoms with Crippen LogP contribution in [0.3, 0.4) is 0 Å². The third-order valence-corrected chi connectivity index (χ3v) is 3.84. The first kappa shape index (κ1) is 14.0. The van der Waals surface area contributed by atoms with Gasteiger partial charge in [0, 0.05) is 25.3 Å². The van der Waals surface area contributed by atoms with Gasteiger partial charge in [-0.05, 0) is 24.6 Å². The van der Waals surface area contributed by atoms with Crippen molar-refractivity contribution in [1.82, 2.24) is 4.90 Å². The molecule has 1 saturated heterocycles. The Hall–Kier alpha value is -1.95. The van der Waals surface area contributed by atoms with Gasteiger partial charge >= 0.3 is 0 Å². The van der Waals surface area contributed by atoms with E-state index in [4.69, 9.17) is 15.2 Å². The number of carbonyl (C=O) groups excluding carboxylic acids is 1. The van der Waals surface area contributed by atoms with E-state index in [1.165, 1.54) is 0 Å². The Labute approximate surface area is 124 Å². The molecular formula is C15H21N3O3. The van der Waals surface area contributed by atoms with Gasteiger partial charge in [-0.3, -0.25) is 4.79 Å². The van der Waals surface area contributed by atoms with E-state index < -0.39 is 0 Å². The van der Waals surface area contributed by atoms with Gasteiger partial charge in [0.05, 0.1) is 32.1 Å². The number of benzene rings is 1. The van der Waals surface area contributed by atoms with Crippen molar-refractivity contribution in [3.63, 3.8) is 0 Å². The number of rotatable bonds is 2. The summed E-state index contributed by atoms with van der Waals surface area (Å²) in [4.78, 5) is 16.4. The molecule has 0 bridgehead atoms. The monoisotopic (exact) mass is 291 g/mol. The molecule has 0 spiro atoms. The van der Waals surface area contributed by atoms with Crippen LogP contribution in [0.4, 0.5) is 11.4 Å². The fourth-order valence-corrected chi connectivity index (χ4v) is 2.70. The molecule has 6 nitrogen and oxygen atoms in total. The molecule has 0 radical (unpaired) electrons. The van der Waals surface area contributed by atoms with Gasteiger partial charge in [-0.1, -0.05) is 0 Å². The molecule has 0 aromatic heterocycles. The van der Waals surface area contributed by atoms with E-state index in [1.807, 2.05) is 23.1 Å². The second-order valence-corrected chi connectivity index (χ2v) is 5.34. The molecule has 0 atom stereocenters. The molecule has 0 saturated carbocycles. The molecule has 2 N–H and O–H groups in total. The van der Waals surface area contributed by atoms with Gasteiger partial charge in [-0.2, -0.15) is 0 Å². The number of nitrogens with zero attached hydrogens (tertiary/aromatic N) is 2. The van der Waals surface area contributed by atoms with E-state index >= 15 is 0 Å². The van der Waals surface area contributed by atoms with Crippen LogP contribution in [0.1, 0.15) is 6.42 Å². The van der Waals surface area contributed by atoms with Gasteiger partial charge in [-0.25, -0.2) is 0 Å². The summed E-state index contributed by atoms with van der Waals surface area (Å²) in [6, 6.07) is 5.58. The van der Waals surface area contributed by atoms with Crippen LogP contribution in [0, 0.1) is 0 Å². The number of morpholine rings is 1. The molecule has 1 aromatic rings. The molecule has 0 aliphatic carbocycles. The first-order valence-corrected chi connectivity index (χ1v) is 7.37. The van der Waals surface area contributed by atoms with Gasteiger partial charge < -0.3 is 25.0 Å². The molecule has 1 amide bonds. The second-order valence-electron chi connectivity index (χ2n) is 5.34. The summed E-state index contributed by atoms with van der Waals surface area (Å²) in [7, 11) is 0. The smallest absolute Gasteiger partial charge is 0.242 e. The van der Waals surface area contributed by atoms with Crippen molar-refractivity contribution in [2.45, 2.75) is 6.42 Å². The van der Waals surface area contributed by atoms with Crippen molar-refractivity contribution >= 4 is 17.3 Å². The first-order valence-electron chi connectivity index (χ1n) is 7.37. The van der Waals surface area contributed by atoms with Crippen molar-refractivity contribution in [2.75, 3.05) is 56.6 Å². The van der Waals surface area contributed by atoms with Gasteiger partial charge in [-0.15, -0.1) is 0 Å². The van der Waals surface area contributed by atoms with Crippen molar-refractivity contribution in [3.05, 3.63) is 18.2 Å². The summed E-state index contributed by atoms with van der Waals surface area (Å²) in [5.41, 5.74) is 7.47. The molecule has 114 valence electrons. The van der Waals surface area contributed by atoms with Gasteiger partial charge in [0.1, 0.15) is 5.75 Å². The predicted octanol–water partition coefficient (Wildman–Crippen LogP) is 0.717.